The van der Waals surface area contributed by atoms with Crippen molar-refractivity contribution in [1.82, 2.24) is 10.2 Å². The van der Waals surface area contributed by atoms with Gasteiger partial charge in [-0.3, -0.25) is 4.79 Å². The van der Waals surface area contributed by atoms with Crippen LogP contribution in [0.1, 0.15) is 31.7 Å². The van der Waals surface area contributed by atoms with Gasteiger partial charge in [0.25, 0.3) is 5.91 Å². The van der Waals surface area contributed by atoms with Gasteiger partial charge in [0, 0.05) is 25.7 Å². The summed E-state index contributed by atoms with van der Waals surface area (Å²) in [6.07, 6.45) is 3.01. The maximum atomic E-state index is 12.1. The Bertz CT molecular complexity index is 526. The molecule has 1 saturated heterocycles. The van der Waals surface area contributed by atoms with Crippen LogP contribution in [0.2, 0.25) is 0 Å². The zero-order chi connectivity index (χ0) is 17.4. The van der Waals surface area contributed by atoms with Crippen molar-refractivity contribution in [3.63, 3.8) is 0 Å². The van der Waals surface area contributed by atoms with Gasteiger partial charge >= 0.3 is 0 Å². The van der Waals surface area contributed by atoms with Gasteiger partial charge in [-0.2, -0.15) is 0 Å². The maximum Gasteiger partial charge on any atom is 0.260 e. The Kier molecular flexibility index (Phi) is 7.34. The number of hydrogen-bond donors (Lipinski definition) is 2. The van der Waals surface area contributed by atoms with Crippen LogP contribution < -0.4 is 14.8 Å². The van der Waals surface area contributed by atoms with Gasteiger partial charge in [-0.1, -0.05) is 13.0 Å². The number of methoxy groups -OCH3 is 1. The molecule has 1 atom stereocenters. The van der Waals surface area contributed by atoms with E-state index in [1.54, 1.807) is 7.11 Å². The number of aliphatic hydroxyl groups is 1. The number of ether oxygens (including phenoxy) is 2. The van der Waals surface area contributed by atoms with Gasteiger partial charge in [0.2, 0.25) is 0 Å². The van der Waals surface area contributed by atoms with E-state index in [2.05, 4.69) is 5.32 Å². The van der Waals surface area contributed by atoms with Gasteiger partial charge in [-0.05, 0) is 37.0 Å². The molecule has 1 heterocycles. The molecule has 134 valence electrons. The van der Waals surface area contributed by atoms with Gasteiger partial charge in [-0.25, -0.2) is 0 Å². The summed E-state index contributed by atoms with van der Waals surface area (Å²) in [7, 11) is 1.59. The van der Waals surface area contributed by atoms with Crippen LogP contribution >= 0.6 is 0 Å². The number of carbonyl (C=O) groups is 1. The first-order chi connectivity index (χ1) is 11.7. The minimum Gasteiger partial charge on any atom is -0.493 e. The van der Waals surface area contributed by atoms with Crippen molar-refractivity contribution in [3.05, 3.63) is 23.8 Å². The monoisotopic (exact) mass is 336 g/mol. The molecule has 1 aliphatic heterocycles. The Hall–Kier alpha value is -1.79. The molecular formula is C18H28N2O4. The number of amides is 1. The van der Waals surface area contributed by atoms with Crippen LogP contribution in [0.15, 0.2) is 18.2 Å². The molecule has 24 heavy (non-hydrogen) atoms. The molecule has 1 aromatic rings. The molecule has 1 unspecified atom stereocenters. The number of hydrogen-bond acceptors (Lipinski definition) is 5. The lowest BCUT2D eigenvalue weighted by Gasteiger charge is -2.17. The molecule has 1 aliphatic rings. The number of likely N-dealkylation sites (tertiary alicyclic amines) is 1. The SMILES string of the molecule is CCC(CO)NCc1ccc(OCC(=O)N2CCCC2)c(OC)c1. The van der Waals surface area contributed by atoms with Crippen LogP contribution in [-0.4, -0.2) is 55.4 Å². The van der Waals surface area contributed by atoms with Crippen molar-refractivity contribution in [1.29, 1.82) is 0 Å². The molecule has 0 radical (unpaired) electrons. The third-order valence-electron chi connectivity index (χ3n) is 4.35. The minimum absolute atomic E-state index is 0.0222. The van der Waals surface area contributed by atoms with E-state index < -0.39 is 0 Å². The van der Waals surface area contributed by atoms with Gasteiger partial charge < -0.3 is 24.8 Å². The summed E-state index contributed by atoms with van der Waals surface area (Å²) in [6.45, 7) is 4.48. The van der Waals surface area contributed by atoms with Crippen LogP contribution in [0.25, 0.3) is 0 Å². The van der Waals surface area contributed by atoms with Gasteiger partial charge in [-0.15, -0.1) is 0 Å². The lowest BCUT2D eigenvalue weighted by molar-refractivity contribution is -0.132. The fourth-order valence-corrected chi connectivity index (χ4v) is 2.74. The number of carbonyl (C=O) groups excluding carboxylic acids is 1. The maximum absolute atomic E-state index is 12.1. The first-order valence-corrected chi connectivity index (χ1v) is 8.59. The van der Waals surface area contributed by atoms with Gasteiger partial charge in [0.15, 0.2) is 18.1 Å². The number of rotatable bonds is 9. The lowest BCUT2D eigenvalue weighted by Crippen LogP contribution is -2.32. The zero-order valence-corrected chi connectivity index (χ0v) is 14.6. The predicted molar refractivity (Wildman–Crippen MR) is 92.3 cm³/mol. The number of benzene rings is 1. The van der Waals surface area contributed by atoms with Crippen molar-refractivity contribution < 1.29 is 19.4 Å². The zero-order valence-electron chi connectivity index (χ0n) is 14.6. The summed E-state index contributed by atoms with van der Waals surface area (Å²) in [4.78, 5) is 13.9. The van der Waals surface area contributed by atoms with E-state index in [1.807, 2.05) is 30.0 Å². The highest BCUT2D eigenvalue weighted by atomic mass is 16.5. The Balaban J connectivity index is 1.91. The molecule has 1 aromatic carbocycles. The molecule has 6 nitrogen and oxygen atoms in total. The topological polar surface area (TPSA) is 71.0 Å². The van der Waals surface area contributed by atoms with E-state index in [0.717, 1.165) is 37.9 Å². The Labute approximate surface area is 143 Å². The highest BCUT2D eigenvalue weighted by molar-refractivity contribution is 5.78. The smallest absolute Gasteiger partial charge is 0.260 e. The van der Waals surface area contributed by atoms with Crippen LogP contribution in [0.4, 0.5) is 0 Å². The van der Waals surface area contributed by atoms with Crippen LogP contribution in [0.3, 0.4) is 0 Å². The van der Waals surface area contributed by atoms with Crippen LogP contribution in [0.5, 0.6) is 11.5 Å². The lowest BCUT2D eigenvalue weighted by atomic mass is 10.1. The highest BCUT2D eigenvalue weighted by Gasteiger charge is 2.18. The second kappa shape index (κ2) is 9.49. The highest BCUT2D eigenvalue weighted by Crippen LogP contribution is 2.28. The van der Waals surface area contributed by atoms with Gasteiger partial charge in [0.05, 0.1) is 13.7 Å². The molecule has 0 spiro atoms. The number of nitrogens with one attached hydrogen (secondary N) is 1. The van der Waals surface area contributed by atoms with Gasteiger partial charge in [0.1, 0.15) is 0 Å². The first-order valence-electron chi connectivity index (χ1n) is 8.59. The minimum atomic E-state index is 0.0222. The summed E-state index contributed by atoms with van der Waals surface area (Å²) < 4.78 is 11.0. The molecule has 1 amide bonds. The first kappa shape index (κ1) is 18.5. The normalized spacial score (nSPS) is 15.4. The summed E-state index contributed by atoms with van der Waals surface area (Å²) in [5.41, 5.74) is 1.04. The quantitative estimate of drug-likeness (QED) is 0.716. The molecule has 0 bridgehead atoms. The molecule has 0 aromatic heterocycles. The van der Waals surface area contributed by atoms with E-state index in [9.17, 15) is 9.90 Å². The van der Waals surface area contributed by atoms with Crippen LogP contribution in [-0.2, 0) is 11.3 Å². The summed E-state index contributed by atoms with van der Waals surface area (Å²) in [5, 5.41) is 12.5. The van der Waals surface area contributed by atoms with E-state index >= 15 is 0 Å². The molecule has 2 N–H and O–H groups in total. The van der Waals surface area contributed by atoms with Crippen molar-refractivity contribution in [3.8, 4) is 11.5 Å². The van der Waals surface area contributed by atoms with Crippen molar-refractivity contribution in [2.75, 3.05) is 33.4 Å². The standard InChI is InChI=1S/C18H28N2O4/c1-3-15(12-21)19-11-14-6-7-16(17(10-14)23-2)24-13-18(22)20-8-4-5-9-20/h6-7,10,15,19,21H,3-5,8-9,11-13H2,1-2H3. The molecule has 6 heteroatoms. The fraction of sp³-hybridized carbons (Fsp3) is 0.611. The fourth-order valence-electron chi connectivity index (χ4n) is 2.74. The molecule has 0 aliphatic carbocycles. The Morgan fingerprint density at radius 2 is 2.08 bits per heavy atom. The summed E-state index contributed by atoms with van der Waals surface area (Å²) in [6, 6.07) is 5.75. The largest absolute Gasteiger partial charge is 0.493 e. The third kappa shape index (κ3) is 5.11. The number of nitrogens with zero attached hydrogens (tertiary/aromatic N) is 1. The van der Waals surface area contributed by atoms with E-state index in [-0.39, 0.29) is 25.2 Å². The van der Waals surface area contributed by atoms with E-state index in [1.165, 1.54) is 0 Å². The second-order valence-corrected chi connectivity index (χ2v) is 6.03. The Morgan fingerprint density at radius 3 is 2.71 bits per heavy atom. The van der Waals surface area contributed by atoms with Crippen molar-refractivity contribution >= 4 is 5.91 Å². The summed E-state index contributed by atoms with van der Waals surface area (Å²) in [5.74, 6) is 1.21. The van der Waals surface area contributed by atoms with Crippen molar-refractivity contribution in [2.24, 2.45) is 0 Å². The third-order valence-corrected chi connectivity index (χ3v) is 4.35. The predicted octanol–water partition coefficient (Wildman–Crippen LogP) is 1.56. The number of aliphatic hydroxyl groups excluding tert-OH is 1. The second-order valence-electron chi connectivity index (χ2n) is 6.03. The van der Waals surface area contributed by atoms with E-state index in [0.29, 0.717) is 18.0 Å². The average molecular weight is 336 g/mol. The van der Waals surface area contributed by atoms with E-state index in [4.69, 9.17) is 9.47 Å². The van der Waals surface area contributed by atoms with Crippen LogP contribution in [0, 0.1) is 0 Å². The van der Waals surface area contributed by atoms with Crippen molar-refractivity contribution in [2.45, 2.75) is 38.8 Å². The molecule has 0 saturated carbocycles. The average Bonchev–Trinajstić information content (AvgIpc) is 3.15. The Morgan fingerprint density at radius 1 is 1.33 bits per heavy atom. The molecular weight excluding hydrogens is 308 g/mol. The summed E-state index contributed by atoms with van der Waals surface area (Å²) >= 11 is 0. The molecule has 2 rings (SSSR count). The molecule has 1 fully saturated rings.